The predicted octanol–water partition coefficient (Wildman–Crippen LogP) is 3.33. The molecule has 3 aromatic rings. The van der Waals surface area contributed by atoms with Gasteiger partial charge in [-0.15, -0.1) is 27.8 Å². The molecule has 3 heterocycles. The largest absolute Gasteiger partial charge is 0.465 e. The van der Waals surface area contributed by atoms with Gasteiger partial charge in [0.15, 0.2) is 0 Å². The SMILES string of the molecule is COC(=O)c1c(NC(=O)CS(=O)(=O)c2nnc(-c3cccs3)o2)sc2c1CCCCC2. The lowest BCUT2D eigenvalue weighted by Crippen LogP contribution is -2.24. The molecule has 0 aliphatic heterocycles. The van der Waals surface area contributed by atoms with Gasteiger partial charge in [-0.1, -0.05) is 17.6 Å². The van der Waals surface area contributed by atoms with Crippen molar-refractivity contribution in [2.24, 2.45) is 0 Å². The summed E-state index contributed by atoms with van der Waals surface area (Å²) in [5, 5.41) is 11.4. The second-order valence-electron chi connectivity index (χ2n) is 6.92. The topological polar surface area (TPSA) is 128 Å². The molecule has 12 heteroatoms. The number of aryl methyl sites for hydroxylation is 1. The van der Waals surface area contributed by atoms with Crippen LogP contribution in [0.15, 0.2) is 27.2 Å². The van der Waals surface area contributed by atoms with Crippen molar-refractivity contribution < 1.29 is 27.2 Å². The standard InChI is InChI=1S/C19H19N3O6S3/c1-27-18(24)15-11-6-3-2-4-7-12(11)30-17(15)20-14(23)10-31(25,26)19-22-21-16(28-19)13-8-5-9-29-13/h5,8-9H,2-4,6-7,10H2,1H3,(H,20,23). The quantitative estimate of drug-likeness (QED) is 0.419. The zero-order valence-corrected chi connectivity index (χ0v) is 19.0. The minimum Gasteiger partial charge on any atom is -0.465 e. The molecule has 0 atom stereocenters. The van der Waals surface area contributed by atoms with Gasteiger partial charge in [-0.3, -0.25) is 4.79 Å². The summed E-state index contributed by atoms with van der Waals surface area (Å²) in [6.45, 7) is 0. The van der Waals surface area contributed by atoms with Crippen molar-refractivity contribution in [1.29, 1.82) is 0 Å². The molecular formula is C19H19N3O6S3. The van der Waals surface area contributed by atoms with E-state index in [9.17, 15) is 18.0 Å². The number of esters is 1. The van der Waals surface area contributed by atoms with Crippen LogP contribution < -0.4 is 5.32 Å². The first-order valence-electron chi connectivity index (χ1n) is 9.52. The molecule has 1 aliphatic carbocycles. The molecule has 0 saturated carbocycles. The van der Waals surface area contributed by atoms with E-state index in [2.05, 4.69) is 15.5 Å². The molecule has 0 unspecified atom stereocenters. The van der Waals surface area contributed by atoms with Crippen LogP contribution in [0.1, 0.15) is 40.1 Å². The number of rotatable bonds is 6. The van der Waals surface area contributed by atoms with Gasteiger partial charge in [0.25, 0.3) is 5.89 Å². The summed E-state index contributed by atoms with van der Waals surface area (Å²) in [6.07, 6.45) is 4.54. The van der Waals surface area contributed by atoms with Crippen molar-refractivity contribution in [3.8, 4) is 10.8 Å². The van der Waals surface area contributed by atoms with Gasteiger partial charge in [-0.05, 0) is 42.7 Å². The van der Waals surface area contributed by atoms with E-state index >= 15 is 0 Å². The smallest absolute Gasteiger partial charge is 0.341 e. The monoisotopic (exact) mass is 481 g/mol. The van der Waals surface area contributed by atoms with E-state index in [-0.39, 0.29) is 5.89 Å². The Morgan fingerprint density at radius 1 is 1.23 bits per heavy atom. The Labute approximate surface area is 186 Å². The number of thiophene rings is 2. The number of nitrogens with zero attached hydrogens (tertiary/aromatic N) is 2. The number of anilines is 1. The number of sulfone groups is 1. The lowest BCUT2D eigenvalue weighted by atomic mass is 10.1. The van der Waals surface area contributed by atoms with E-state index in [1.54, 1.807) is 17.5 Å². The molecule has 4 rings (SSSR count). The molecule has 0 radical (unpaired) electrons. The molecule has 3 aromatic heterocycles. The highest BCUT2D eigenvalue weighted by atomic mass is 32.2. The second kappa shape index (κ2) is 8.89. The lowest BCUT2D eigenvalue weighted by Gasteiger charge is -2.07. The number of carbonyl (C=O) groups excluding carboxylic acids is 2. The molecule has 0 spiro atoms. The summed E-state index contributed by atoms with van der Waals surface area (Å²) in [4.78, 5) is 26.6. The molecule has 1 amide bonds. The van der Waals surface area contributed by atoms with Crippen molar-refractivity contribution in [3.05, 3.63) is 33.5 Å². The number of fused-ring (bicyclic) bond motifs is 1. The van der Waals surface area contributed by atoms with Gasteiger partial charge in [-0.25, -0.2) is 13.2 Å². The van der Waals surface area contributed by atoms with Crippen molar-refractivity contribution in [2.75, 3.05) is 18.2 Å². The zero-order chi connectivity index (χ0) is 22.0. The van der Waals surface area contributed by atoms with E-state index in [4.69, 9.17) is 9.15 Å². The van der Waals surface area contributed by atoms with Gasteiger partial charge in [0.05, 0.1) is 17.6 Å². The number of hydrogen-bond donors (Lipinski definition) is 1. The van der Waals surface area contributed by atoms with Crippen LogP contribution in [-0.2, 0) is 32.2 Å². The highest BCUT2D eigenvalue weighted by molar-refractivity contribution is 7.91. The van der Waals surface area contributed by atoms with Crippen molar-refractivity contribution in [3.63, 3.8) is 0 Å². The fourth-order valence-corrected chi connectivity index (χ4v) is 6.23. The predicted molar refractivity (Wildman–Crippen MR) is 115 cm³/mol. The Balaban J connectivity index is 1.54. The maximum atomic E-state index is 12.6. The van der Waals surface area contributed by atoms with E-state index in [1.807, 2.05) is 0 Å². The van der Waals surface area contributed by atoms with Gasteiger partial charge in [0, 0.05) is 4.88 Å². The average molecular weight is 482 g/mol. The molecule has 9 nitrogen and oxygen atoms in total. The zero-order valence-electron chi connectivity index (χ0n) is 16.5. The number of carbonyl (C=O) groups is 2. The normalized spacial score (nSPS) is 14.0. The summed E-state index contributed by atoms with van der Waals surface area (Å²) in [6, 6.07) is 3.49. The molecule has 0 aromatic carbocycles. The number of methoxy groups -OCH3 is 1. The van der Waals surface area contributed by atoms with Gasteiger partial charge in [-0.2, -0.15) is 0 Å². The second-order valence-corrected chi connectivity index (χ2v) is 10.8. The first-order chi connectivity index (χ1) is 14.9. The third kappa shape index (κ3) is 4.55. The van der Waals surface area contributed by atoms with E-state index in [0.29, 0.717) is 15.4 Å². The van der Waals surface area contributed by atoms with Crippen LogP contribution in [0.2, 0.25) is 0 Å². The molecular weight excluding hydrogens is 462 g/mol. The summed E-state index contributed by atoms with van der Waals surface area (Å²) in [7, 11) is -2.88. The summed E-state index contributed by atoms with van der Waals surface area (Å²) >= 11 is 2.62. The first kappa shape index (κ1) is 21.7. The van der Waals surface area contributed by atoms with Crippen LogP contribution in [0.3, 0.4) is 0 Å². The van der Waals surface area contributed by atoms with Crippen LogP contribution >= 0.6 is 22.7 Å². The Morgan fingerprint density at radius 3 is 2.77 bits per heavy atom. The maximum Gasteiger partial charge on any atom is 0.341 e. The van der Waals surface area contributed by atoms with Gasteiger partial charge < -0.3 is 14.5 Å². The fourth-order valence-electron chi connectivity index (χ4n) is 3.38. The van der Waals surface area contributed by atoms with Crippen molar-refractivity contribution in [2.45, 2.75) is 37.3 Å². The van der Waals surface area contributed by atoms with E-state index in [0.717, 1.165) is 42.5 Å². The van der Waals surface area contributed by atoms with Crippen LogP contribution in [0.25, 0.3) is 10.8 Å². The number of amides is 1. The Morgan fingerprint density at radius 2 is 2.03 bits per heavy atom. The lowest BCUT2D eigenvalue weighted by molar-refractivity contribution is -0.113. The van der Waals surface area contributed by atoms with Gasteiger partial charge in [0.1, 0.15) is 10.8 Å². The fraction of sp³-hybridized carbons (Fsp3) is 0.368. The molecule has 0 saturated heterocycles. The van der Waals surface area contributed by atoms with Crippen molar-refractivity contribution in [1.82, 2.24) is 10.2 Å². The van der Waals surface area contributed by atoms with E-state index in [1.165, 1.54) is 29.8 Å². The third-order valence-corrected chi connectivity index (χ3v) is 8.19. The molecule has 1 N–H and O–H groups in total. The number of ether oxygens (including phenoxy) is 1. The molecule has 31 heavy (non-hydrogen) atoms. The van der Waals surface area contributed by atoms with Gasteiger partial charge >= 0.3 is 11.2 Å². The first-order valence-corrected chi connectivity index (χ1v) is 12.9. The highest BCUT2D eigenvalue weighted by Gasteiger charge is 2.30. The molecule has 0 fully saturated rings. The molecule has 0 bridgehead atoms. The summed E-state index contributed by atoms with van der Waals surface area (Å²) in [5.41, 5.74) is 1.19. The number of aromatic nitrogens is 2. The van der Waals surface area contributed by atoms with Crippen LogP contribution in [0.4, 0.5) is 5.00 Å². The van der Waals surface area contributed by atoms with Crippen LogP contribution in [-0.4, -0.2) is 43.4 Å². The Hall–Kier alpha value is -2.57. The summed E-state index contributed by atoms with van der Waals surface area (Å²) in [5.74, 6) is -2.15. The van der Waals surface area contributed by atoms with Crippen molar-refractivity contribution >= 4 is 49.4 Å². The third-order valence-electron chi connectivity index (χ3n) is 4.79. The van der Waals surface area contributed by atoms with Crippen LogP contribution in [0.5, 0.6) is 0 Å². The number of nitrogens with one attached hydrogen (secondary N) is 1. The average Bonchev–Trinajstić information content (AvgIpc) is 3.45. The number of hydrogen-bond acceptors (Lipinski definition) is 10. The Bertz CT molecular complexity index is 1210. The molecule has 1 aliphatic rings. The minimum absolute atomic E-state index is 0.0731. The minimum atomic E-state index is -4.16. The van der Waals surface area contributed by atoms with Gasteiger partial charge in [0.2, 0.25) is 15.7 Å². The summed E-state index contributed by atoms with van der Waals surface area (Å²) < 4.78 is 35.3. The molecule has 164 valence electrons. The maximum absolute atomic E-state index is 12.6. The Kier molecular flexibility index (Phi) is 6.21. The highest BCUT2D eigenvalue weighted by Crippen LogP contribution is 2.38. The van der Waals surface area contributed by atoms with Crippen LogP contribution in [0, 0.1) is 0 Å². The van der Waals surface area contributed by atoms with E-state index < -0.39 is 32.7 Å².